The van der Waals surface area contributed by atoms with Gasteiger partial charge in [-0.25, -0.2) is 0 Å². The van der Waals surface area contributed by atoms with E-state index in [9.17, 15) is 14.7 Å². The smallest absolute Gasteiger partial charge is 0.220 e. The van der Waals surface area contributed by atoms with Crippen molar-refractivity contribution in [1.29, 1.82) is 0 Å². The predicted molar refractivity (Wildman–Crippen MR) is 104 cm³/mol. The van der Waals surface area contributed by atoms with Gasteiger partial charge >= 0.3 is 0 Å². The van der Waals surface area contributed by atoms with Crippen molar-refractivity contribution in [2.24, 2.45) is 0 Å². The van der Waals surface area contributed by atoms with Crippen molar-refractivity contribution in [3.05, 3.63) is 29.7 Å². The molecule has 1 aromatic heterocycles. The summed E-state index contributed by atoms with van der Waals surface area (Å²) in [6.45, 7) is 6.70. The number of aryl methyl sites for hydroxylation is 2. The van der Waals surface area contributed by atoms with Crippen LogP contribution in [-0.2, 0) is 9.59 Å². The molecule has 0 saturated carbocycles. The van der Waals surface area contributed by atoms with Gasteiger partial charge in [0.2, 0.25) is 12.3 Å². The summed E-state index contributed by atoms with van der Waals surface area (Å²) in [5, 5.41) is 21.7. The highest BCUT2D eigenvalue weighted by Gasteiger charge is 2.13. The SMILES string of the molecule is Cc1noc(C)c1-c1ccc(NCC(C)O)c(NC=O)c1.O=C1CCCN1. The van der Waals surface area contributed by atoms with Crippen LogP contribution in [0.15, 0.2) is 22.7 Å². The van der Waals surface area contributed by atoms with Gasteiger partial charge in [-0.3, -0.25) is 9.59 Å². The van der Waals surface area contributed by atoms with E-state index in [1.807, 2.05) is 32.0 Å². The first-order valence-corrected chi connectivity index (χ1v) is 8.88. The van der Waals surface area contributed by atoms with Gasteiger partial charge in [0.1, 0.15) is 5.76 Å². The second-order valence-electron chi connectivity index (χ2n) is 6.41. The molecule has 0 aliphatic carbocycles. The number of amides is 2. The van der Waals surface area contributed by atoms with E-state index in [-0.39, 0.29) is 5.91 Å². The van der Waals surface area contributed by atoms with Crippen LogP contribution < -0.4 is 16.0 Å². The van der Waals surface area contributed by atoms with Gasteiger partial charge in [-0.15, -0.1) is 0 Å². The zero-order chi connectivity index (χ0) is 19.8. The quantitative estimate of drug-likeness (QED) is 0.576. The molecule has 0 bridgehead atoms. The fourth-order valence-electron chi connectivity index (χ4n) is 2.75. The van der Waals surface area contributed by atoms with E-state index in [1.165, 1.54) is 0 Å². The number of anilines is 2. The third-order valence-electron chi connectivity index (χ3n) is 4.05. The van der Waals surface area contributed by atoms with E-state index < -0.39 is 6.10 Å². The Bertz CT molecular complexity index is 759. The molecule has 1 aromatic carbocycles. The zero-order valence-corrected chi connectivity index (χ0v) is 15.8. The standard InChI is InChI=1S/C15H19N3O3.C4H7NO/c1-9(20)7-16-13-5-4-12(6-14(13)17-8-19)15-10(2)18-21-11(15)3;6-4-2-1-3-5-4/h4-6,8-9,16,20H,7H2,1-3H3,(H,17,19);1-3H2,(H,5,6). The van der Waals surface area contributed by atoms with Crippen molar-refractivity contribution in [2.75, 3.05) is 23.7 Å². The number of aliphatic hydroxyl groups excluding tert-OH is 1. The van der Waals surface area contributed by atoms with Crippen LogP contribution in [0.4, 0.5) is 11.4 Å². The average Bonchev–Trinajstić information content (AvgIpc) is 3.23. The zero-order valence-electron chi connectivity index (χ0n) is 15.8. The maximum absolute atomic E-state index is 10.8. The Morgan fingerprint density at radius 3 is 2.63 bits per heavy atom. The van der Waals surface area contributed by atoms with Gasteiger partial charge in [0, 0.05) is 25.1 Å². The fourth-order valence-corrected chi connectivity index (χ4v) is 2.75. The van der Waals surface area contributed by atoms with Gasteiger partial charge < -0.3 is 25.6 Å². The summed E-state index contributed by atoms with van der Waals surface area (Å²) in [4.78, 5) is 20.9. The molecule has 8 nitrogen and oxygen atoms in total. The molecule has 27 heavy (non-hydrogen) atoms. The Morgan fingerprint density at radius 1 is 1.37 bits per heavy atom. The number of hydrogen-bond donors (Lipinski definition) is 4. The highest BCUT2D eigenvalue weighted by atomic mass is 16.5. The number of aromatic nitrogens is 1. The Balaban J connectivity index is 0.000000369. The first-order chi connectivity index (χ1) is 12.9. The van der Waals surface area contributed by atoms with Crippen molar-refractivity contribution in [1.82, 2.24) is 10.5 Å². The summed E-state index contributed by atoms with van der Waals surface area (Å²) in [6.07, 6.45) is 1.91. The van der Waals surface area contributed by atoms with E-state index in [0.717, 1.165) is 47.7 Å². The number of nitrogens with zero attached hydrogens (tertiary/aromatic N) is 1. The summed E-state index contributed by atoms with van der Waals surface area (Å²) in [5.74, 6) is 0.934. The van der Waals surface area contributed by atoms with Crippen LogP contribution in [0.3, 0.4) is 0 Å². The van der Waals surface area contributed by atoms with Gasteiger partial charge in [0.05, 0.1) is 23.2 Å². The van der Waals surface area contributed by atoms with E-state index in [4.69, 9.17) is 4.52 Å². The molecule has 1 aliphatic heterocycles. The van der Waals surface area contributed by atoms with Crippen LogP contribution in [0.2, 0.25) is 0 Å². The molecule has 1 unspecified atom stereocenters. The van der Waals surface area contributed by atoms with Crippen LogP contribution in [0.1, 0.15) is 31.2 Å². The average molecular weight is 374 g/mol. The summed E-state index contributed by atoms with van der Waals surface area (Å²) < 4.78 is 5.17. The van der Waals surface area contributed by atoms with Gasteiger partial charge in [-0.05, 0) is 44.9 Å². The third-order valence-corrected chi connectivity index (χ3v) is 4.05. The second kappa shape index (κ2) is 9.72. The number of rotatable bonds is 6. The van der Waals surface area contributed by atoms with Gasteiger partial charge in [0.25, 0.3) is 0 Å². The first-order valence-electron chi connectivity index (χ1n) is 8.88. The molecule has 2 aromatic rings. The Kier molecular flexibility index (Phi) is 7.36. The largest absolute Gasteiger partial charge is 0.392 e. The molecule has 1 fully saturated rings. The highest BCUT2D eigenvalue weighted by Crippen LogP contribution is 2.32. The Labute approximate surface area is 158 Å². The number of carbonyl (C=O) groups is 2. The van der Waals surface area contributed by atoms with E-state index in [0.29, 0.717) is 18.6 Å². The molecular weight excluding hydrogens is 348 g/mol. The highest BCUT2D eigenvalue weighted by molar-refractivity contribution is 5.85. The summed E-state index contributed by atoms with van der Waals surface area (Å²) >= 11 is 0. The van der Waals surface area contributed by atoms with Crippen LogP contribution in [0.5, 0.6) is 0 Å². The van der Waals surface area contributed by atoms with Crippen LogP contribution >= 0.6 is 0 Å². The van der Waals surface area contributed by atoms with Gasteiger partial charge in [0.15, 0.2) is 0 Å². The molecule has 0 spiro atoms. The lowest BCUT2D eigenvalue weighted by Gasteiger charge is -2.14. The van der Waals surface area contributed by atoms with Crippen LogP contribution in [-0.4, -0.2) is 41.8 Å². The lowest BCUT2D eigenvalue weighted by Crippen LogP contribution is -2.16. The lowest BCUT2D eigenvalue weighted by molar-refractivity contribution is -0.119. The number of aliphatic hydroxyl groups is 1. The van der Waals surface area contributed by atoms with Gasteiger partial charge in [-0.2, -0.15) is 0 Å². The fraction of sp³-hybridized carbons (Fsp3) is 0.421. The maximum Gasteiger partial charge on any atom is 0.220 e. The Morgan fingerprint density at radius 2 is 2.15 bits per heavy atom. The maximum atomic E-state index is 10.8. The summed E-state index contributed by atoms with van der Waals surface area (Å²) in [5.41, 5.74) is 4.03. The monoisotopic (exact) mass is 374 g/mol. The van der Waals surface area contributed by atoms with E-state index >= 15 is 0 Å². The molecule has 1 saturated heterocycles. The van der Waals surface area contributed by atoms with Gasteiger partial charge in [-0.1, -0.05) is 11.2 Å². The number of nitrogens with one attached hydrogen (secondary N) is 3. The lowest BCUT2D eigenvalue weighted by atomic mass is 10.0. The van der Waals surface area contributed by atoms with E-state index in [2.05, 4.69) is 21.1 Å². The third kappa shape index (κ3) is 5.82. The second-order valence-corrected chi connectivity index (χ2v) is 6.41. The molecular formula is C19H26N4O4. The van der Waals surface area contributed by atoms with Crippen molar-refractivity contribution >= 4 is 23.7 Å². The molecule has 0 radical (unpaired) electrons. The molecule has 2 heterocycles. The number of hydrogen-bond acceptors (Lipinski definition) is 6. The van der Waals surface area contributed by atoms with E-state index in [1.54, 1.807) is 6.92 Å². The Hall–Kier alpha value is -2.87. The molecule has 4 N–H and O–H groups in total. The minimum absolute atomic E-state index is 0.204. The van der Waals surface area contributed by atoms with Crippen molar-refractivity contribution in [3.63, 3.8) is 0 Å². The molecule has 8 heteroatoms. The van der Waals surface area contributed by atoms with Crippen molar-refractivity contribution in [3.8, 4) is 11.1 Å². The molecule has 2 amide bonds. The van der Waals surface area contributed by atoms with Crippen molar-refractivity contribution in [2.45, 2.75) is 39.7 Å². The number of benzene rings is 1. The summed E-state index contributed by atoms with van der Waals surface area (Å²) in [6, 6.07) is 5.63. The van der Waals surface area contributed by atoms with Crippen molar-refractivity contribution < 1.29 is 19.2 Å². The molecule has 1 atom stereocenters. The topological polar surface area (TPSA) is 116 Å². The first kappa shape index (κ1) is 20.4. The molecule has 1 aliphatic rings. The summed E-state index contributed by atoms with van der Waals surface area (Å²) in [7, 11) is 0. The van der Waals surface area contributed by atoms with Crippen LogP contribution in [0, 0.1) is 13.8 Å². The molecule has 3 rings (SSSR count). The minimum Gasteiger partial charge on any atom is -0.392 e. The number of carbonyl (C=O) groups excluding carboxylic acids is 2. The molecule has 146 valence electrons. The predicted octanol–water partition coefficient (Wildman–Crippen LogP) is 2.22. The van der Waals surface area contributed by atoms with Crippen LogP contribution in [0.25, 0.3) is 11.1 Å². The normalized spacial score (nSPS) is 14.0. The minimum atomic E-state index is -0.476.